The molecule has 0 saturated carbocycles. The van der Waals surface area contributed by atoms with Crippen molar-refractivity contribution in [3.8, 4) is 0 Å². The summed E-state index contributed by atoms with van der Waals surface area (Å²) >= 11 is 0. The quantitative estimate of drug-likeness (QED) is 0.934. The third-order valence-electron chi connectivity index (χ3n) is 3.28. The number of aromatic nitrogens is 3. The standard InChI is InChI=1S/C12H15F3N4/c1-7-8(2)19(5-3-4-12(13,14)15)11-9(7)10(16)17-6-18-11/h6H,3-5H2,1-2H3,(H2,16,17,18). The van der Waals surface area contributed by atoms with Crippen molar-refractivity contribution in [3.63, 3.8) is 0 Å². The molecule has 0 unspecified atom stereocenters. The predicted octanol–water partition coefficient (Wildman–Crippen LogP) is 2.97. The van der Waals surface area contributed by atoms with E-state index in [0.717, 1.165) is 16.6 Å². The Bertz CT molecular complexity index is 601. The minimum Gasteiger partial charge on any atom is -0.383 e. The Morgan fingerprint density at radius 1 is 1.26 bits per heavy atom. The number of fused-ring (bicyclic) bond motifs is 1. The average Bonchev–Trinajstić information content (AvgIpc) is 2.54. The van der Waals surface area contributed by atoms with Gasteiger partial charge in [-0.05, 0) is 25.8 Å². The molecular weight excluding hydrogens is 257 g/mol. The van der Waals surface area contributed by atoms with Gasteiger partial charge >= 0.3 is 6.18 Å². The van der Waals surface area contributed by atoms with Gasteiger partial charge in [-0.2, -0.15) is 13.2 Å². The molecule has 2 aromatic rings. The molecule has 0 aliphatic rings. The van der Waals surface area contributed by atoms with E-state index < -0.39 is 12.6 Å². The molecule has 0 aliphatic heterocycles. The molecular formula is C12H15F3N4. The fourth-order valence-corrected chi connectivity index (χ4v) is 2.21. The second-order valence-corrected chi connectivity index (χ2v) is 4.54. The lowest BCUT2D eigenvalue weighted by molar-refractivity contribution is -0.135. The third-order valence-corrected chi connectivity index (χ3v) is 3.28. The number of aryl methyl sites for hydroxylation is 2. The second kappa shape index (κ2) is 4.71. The fraction of sp³-hybridized carbons (Fsp3) is 0.500. The van der Waals surface area contributed by atoms with Gasteiger partial charge in [-0.25, -0.2) is 9.97 Å². The Hall–Kier alpha value is -1.79. The van der Waals surface area contributed by atoms with E-state index in [0.29, 0.717) is 11.5 Å². The molecule has 0 spiro atoms. The lowest BCUT2D eigenvalue weighted by Gasteiger charge is -2.09. The first kappa shape index (κ1) is 13.6. The van der Waals surface area contributed by atoms with Crippen LogP contribution in [0.15, 0.2) is 6.33 Å². The molecule has 0 bridgehead atoms. The zero-order chi connectivity index (χ0) is 14.2. The first-order chi connectivity index (χ1) is 8.81. The summed E-state index contributed by atoms with van der Waals surface area (Å²) in [5.41, 5.74) is 8.19. The zero-order valence-corrected chi connectivity index (χ0v) is 10.8. The molecule has 4 nitrogen and oxygen atoms in total. The van der Waals surface area contributed by atoms with Gasteiger partial charge in [-0.3, -0.25) is 0 Å². The largest absolute Gasteiger partial charge is 0.389 e. The van der Waals surface area contributed by atoms with E-state index in [-0.39, 0.29) is 13.0 Å². The number of halogens is 3. The molecule has 2 N–H and O–H groups in total. The van der Waals surface area contributed by atoms with E-state index in [1.54, 1.807) is 4.57 Å². The SMILES string of the molecule is Cc1c(C)n(CCCC(F)(F)F)c2ncnc(N)c12. The number of nitrogens with two attached hydrogens (primary N) is 1. The van der Waals surface area contributed by atoms with Crippen LogP contribution in [0.5, 0.6) is 0 Å². The van der Waals surface area contributed by atoms with Crippen LogP contribution >= 0.6 is 0 Å². The Morgan fingerprint density at radius 2 is 1.95 bits per heavy atom. The minimum absolute atomic E-state index is 0.0253. The van der Waals surface area contributed by atoms with Gasteiger partial charge < -0.3 is 10.3 Å². The zero-order valence-electron chi connectivity index (χ0n) is 10.8. The van der Waals surface area contributed by atoms with Gasteiger partial charge in [-0.1, -0.05) is 0 Å². The first-order valence-electron chi connectivity index (χ1n) is 5.94. The van der Waals surface area contributed by atoms with Gasteiger partial charge in [0.2, 0.25) is 0 Å². The summed E-state index contributed by atoms with van der Waals surface area (Å²) in [6.45, 7) is 3.99. The fourth-order valence-electron chi connectivity index (χ4n) is 2.21. The summed E-state index contributed by atoms with van der Waals surface area (Å²) in [5.74, 6) is 0.361. The maximum atomic E-state index is 12.2. The van der Waals surface area contributed by atoms with Gasteiger partial charge in [0.15, 0.2) is 0 Å². The Balaban J connectivity index is 2.33. The molecule has 2 aromatic heterocycles. The van der Waals surface area contributed by atoms with Crippen LogP contribution in [0, 0.1) is 13.8 Å². The molecule has 0 amide bonds. The van der Waals surface area contributed by atoms with Crippen molar-refractivity contribution >= 4 is 16.9 Å². The molecule has 0 aliphatic carbocycles. The smallest absolute Gasteiger partial charge is 0.383 e. The van der Waals surface area contributed by atoms with E-state index in [1.165, 1.54) is 6.33 Å². The molecule has 0 radical (unpaired) electrons. The topological polar surface area (TPSA) is 56.7 Å². The summed E-state index contributed by atoms with van der Waals surface area (Å²) in [7, 11) is 0. The van der Waals surface area contributed by atoms with Gasteiger partial charge in [0.25, 0.3) is 0 Å². The second-order valence-electron chi connectivity index (χ2n) is 4.54. The van der Waals surface area contributed by atoms with Crippen LogP contribution in [0.25, 0.3) is 11.0 Å². The highest BCUT2D eigenvalue weighted by atomic mass is 19.4. The number of alkyl halides is 3. The number of nitrogens with zero attached hydrogens (tertiary/aromatic N) is 3. The average molecular weight is 272 g/mol. The van der Waals surface area contributed by atoms with E-state index in [4.69, 9.17) is 5.73 Å². The highest BCUT2D eigenvalue weighted by Crippen LogP contribution is 2.28. The monoisotopic (exact) mass is 272 g/mol. The van der Waals surface area contributed by atoms with Gasteiger partial charge in [0.05, 0.1) is 5.39 Å². The number of hydrogen-bond donors (Lipinski definition) is 1. The summed E-state index contributed by atoms with van der Waals surface area (Å²) in [6.07, 6.45) is -3.57. The third kappa shape index (κ3) is 2.64. The molecule has 0 aromatic carbocycles. The van der Waals surface area contributed by atoms with Gasteiger partial charge in [-0.15, -0.1) is 0 Å². The van der Waals surface area contributed by atoms with Crippen LogP contribution in [-0.4, -0.2) is 20.7 Å². The lowest BCUT2D eigenvalue weighted by Crippen LogP contribution is -2.10. The molecule has 7 heteroatoms. The van der Waals surface area contributed by atoms with Crippen molar-refractivity contribution in [1.29, 1.82) is 0 Å². The van der Waals surface area contributed by atoms with Crippen LogP contribution in [0.2, 0.25) is 0 Å². The van der Waals surface area contributed by atoms with Crippen LogP contribution < -0.4 is 5.73 Å². The molecule has 2 rings (SSSR count). The van der Waals surface area contributed by atoms with E-state index >= 15 is 0 Å². The Morgan fingerprint density at radius 3 is 2.58 bits per heavy atom. The Kier molecular flexibility index (Phi) is 3.38. The Labute approximate surface area is 108 Å². The normalized spacial score (nSPS) is 12.3. The summed E-state index contributed by atoms with van der Waals surface area (Å²) in [4.78, 5) is 8.04. The van der Waals surface area contributed by atoms with Crippen molar-refractivity contribution in [2.45, 2.75) is 39.4 Å². The molecule has 2 heterocycles. The summed E-state index contributed by atoms with van der Waals surface area (Å²) < 4.78 is 38.3. The maximum Gasteiger partial charge on any atom is 0.389 e. The summed E-state index contributed by atoms with van der Waals surface area (Å²) in [5, 5.41) is 0.729. The molecule has 0 atom stereocenters. The summed E-state index contributed by atoms with van der Waals surface area (Å²) in [6, 6.07) is 0. The molecule has 19 heavy (non-hydrogen) atoms. The number of anilines is 1. The first-order valence-corrected chi connectivity index (χ1v) is 5.94. The minimum atomic E-state index is -4.13. The van der Waals surface area contributed by atoms with Crippen molar-refractivity contribution in [2.24, 2.45) is 0 Å². The van der Waals surface area contributed by atoms with E-state index in [9.17, 15) is 13.2 Å². The predicted molar refractivity (Wildman–Crippen MR) is 66.7 cm³/mol. The van der Waals surface area contributed by atoms with Crippen LogP contribution in [0.4, 0.5) is 19.0 Å². The van der Waals surface area contributed by atoms with Crippen molar-refractivity contribution in [1.82, 2.24) is 14.5 Å². The van der Waals surface area contributed by atoms with Crippen LogP contribution in [0.3, 0.4) is 0 Å². The van der Waals surface area contributed by atoms with Crippen molar-refractivity contribution in [2.75, 3.05) is 5.73 Å². The highest BCUT2D eigenvalue weighted by Gasteiger charge is 2.26. The molecule has 0 fully saturated rings. The van der Waals surface area contributed by atoms with Crippen molar-refractivity contribution in [3.05, 3.63) is 17.6 Å². The van der Waals surface area contributed by atoms with E-state index in [2.05, 4.69) is 9.97 Å². The van der Waals surface area contributed by atoms with Gasteiger partial charge in [0.1, 0.15) is 17.8 Å². The van der Waals surface area contributed by atoms with Crippen LogP contribution in [0.1, 0.15) is 24.1 Å². The number of hydrogen-bond acceptors (Lipinski definition) is 3. The van der Waals surface area contributed by atoms with Crippen molar-refractivity contribution < 1.29 is 13.2 Å². The maximum absolute atomic E-state index is 12.2. The van der Waals surface area contributed by atoms with E-state index in [1.807, 2.05) is 13.8 Å². The lowest BCUT2D eigenvalue weighted by atomic mass is 10.2. The molecule has 0 saturated heterocycles. The number of rotatable bonds is 3. The molecule has 104 valence electrons. The van der Waals surface area contributed by atoms with Crippen LogP contribution in [-0.2, 0) is 6.54 Å². The van der Waals surface area contributed by atoms with Gasteiger partial charge in [0, 0.05) is 18.7 Å². The highest BCUT2D eigenvalue weighted by molar-refractivity contribution is 5.90. The number of nitrogen functional groups attached to an aromatic ring is 1.